The third-order valence-corrected chi connectivity index (χ3v) is 6.66. The molecule has 3 rings (SSSR count). The number of nitrogens with zero attached hydrogens (tertiary/aromatic N) is 3. The monoisotopic (exact) mass is 431 g/mol. The van der Waals surface area contributed by atoms with Gasteiger partial charge in [0.2, 0.25) is 0 Å². The Bertz CT molecular complexity index is 1140. The van der Waals surface area contributed by atoms with E-state index in [1.54, 1.807) is 17.0 Å². The second-order valence-electron chi connectivity index (χ2n) is 7.38. The summed E-state index contributed by atoms with van der Waals surface area (Å²) in [6.07, 6.45) is 1.92. The molecule has 0 unspecified atom stereocenters. The number of aryl methyl sites for hydroxylation is 1. The summed E-state index contributed by atoms with van der Waals surface area (Å²) in [6.45, 7) is 3.35. The number of carbonyl (C=O) groups excluding carboxylic acids is 1. The van der Waals surface area contributed by atoms with Crippen LogP contribution in [0.4, 0.5) is 5.13 Å². The first-order valence-electron chi connectivity index (χ1n) is 9.29. The fraction of sp³-hybridized carbons (Fsp3) is 0.333. The van der Waals surface area contributed by atoms with Crippen molar-refractivity contribution < 1.29 is 13.2 Å². The summed E-state index contributed by atoms with van der Waals surface area (Å²) in [4.78, 5) is 21.8. The van der Waals surface area contributed by atoms with Crippen molar-refractivity contribution in [3.63, 3.8) is 0 Å². The predicted octanol–water partition coefficient (Wildman–Crippen LogP) is 3.61. The molecule has 0 spiro atoms. The fourth-order valence-corrected chi connectivity index (χ4v) is 4.73. The van der Waals surface area contributed by atoms with Gasteiger partial charge in [-0.1, -0.05) is 23.5 Å². The van der Waals surface area contributed by atoms with Crippen molar-refractivity contribution in [2.45, 2.75) is 18.2 Å². The molecule has 3 aromatic rings. The largest absolute Gasteiger partial charge is 0.309 e. The highest BCUT2D eigenvalue weighted by Gasteiger charge is 2.22. The van der Waals surface area contributed by atoms with Crippen LogP contribution in [0.5, 0.6) is 0 Å². The maximum atomic E-state index is 13.3. The molecule has 1 amide bonds. The topological polar surface area (TPSA) is 70.6 Å². The van der Waals surface area contributed by atoms with Crippen molar-refractivity contribution in [2.24, 2.45) is 0 Å². The molecule has 1 aromatic heterocycles. The molecule has 29 heavy (non-hydrogen) atoms. The lowest BCUT2D eigenvalue weighted by atomic mass is 10.2. The van der Waals surface area contributed by atoms with Crippen LogP contribution in [-0.2, 0) is 9.84 Å². The van der Waals surface area contributed by atoms with Gasteiger partial charge in [0.25, 0.3) is 5.91 Å². The van der Waals surface area contributed by atoms with Gasteiger partial charge in [-0.3, -0.25) is 9.69 Å². The van der Waals surface area contributed by atoms with Gasteiger partial charge in [-0.25, -0.2) is 13.4 Å². The average molecular weight is 432 g/mol. The minimum Gasteiger partial charge on any atom is -0.309 e. The predicted molar refractivity (Wildman–Crippen MR) is 119 cm³/mol. The molecule has 0 radical (unpaired) electrons. The van der Waals surface area contributed by atoms with Crippen LogP contribution < -0.4 is 4.90 Å². The lowest BCUT2D eigenvalue weighted by Gasteiger charge is -2.21. The molecule has 0 fully saturated rings. The summed E-state index contributed by atoms with van der Waals surface area (Å²) in [5.74, 6) is -0.245. The lowest BCUT2D eigenvalue weighted by molar-refractivity contribution is 0.0986. The Morgan fingerprint density at radius 1 is 1.10 bits per heavy atom. The number of amides is 1. The van der Waals surface area contributed by atoms with E-state index in [1.807, 2.05) is 33.2 Å². The van der Waals surface area contributed by atoms with E-state index in [2.05, 4.69) is 16.0 Å². The van der Waals surface area contributed by atoms with Crippen LogP contribution in [0.1, 0.15) is 22.3 Å². The summed E-state index contributed by atoms with van der Waals surface area (Å²) in [7, 11) is 0.584. The van der Waals surface area contributed by atoms with E-state index in [0.717, 1.165) is 35.0 Å². The SMILES string of the molecule is Cc1ccc2nc(N(CCCN(C)C)C(=O)c3cccc(S(C)(=O)=O)c3)sc2c1. The standard InChI is InChI=1S/C21H25N3O3S2/c1-15-9-10-18-19(13-15)28-21(22-18)24(12-6-11-23(2)3)20(25)16-7-5-8-17(14-16)29(4,26)27/h5,7-10,13-14H,6,11-12H2,1-4H3. The minimum atomic E-state index is -3.39. The molecule has 0 aliphatic carbocycles. The Morgan fingerprint density at radius 3 is 2.55 bits per heavy atom. The second kappa shape index (κ2) is 8.61. The normalized spacial score (nSPS) is 11.9. The van der Waals surface area contributed by atoms with Crippen LogP contribution >= 0.6 is 11.3 Å². The van der Waals surface area contributed by atoms with Gasteiger partial charge >= 0.3 is 0 Å². The molecule has 0 N–H and O–H groups in total. The van der Waals surface area contributed by atoms with Gasteiger partial charge in [0.15, 0.2) is 15.0 Å². The third kappa shape index (κ3) is 5.20. The summed E-state index contributed by atoms with van der Waals surface area (Å²) < 4.78 is 24.8. The second-order valence-corrected chi connectivity index (χ2v) is 10.4. The summed E-state index contributed by atoms with van der Waals surface area (Å²) in [5.41, 5.74) is 2.33. The van der Waals surface area contributed by atoms with Gasteiger partial charge in [0.05, 0.1) is 15.1 Å². The van der Waals surface area contributed by atoms with Crippen molar-refractivity contribution in [1.29, 1.82) is 0 Å². The summed E-state index contributed by atoms with van der Waals surface area (Å²) >= 11 is 1.47. The van der Waals surface area contributed by atoms with Crippen molar-refractivity contribution in [3.05, 3.63) is 53.6 Å². The van der Waals surface area contributed by atoms with E-state index in [0.29, 0.717) is 17.2 Å². The number of benzene rings is 2. The van der Waals surface area contributed by atoms with Crippen molar-refractivity contribution in [1.82, 2.24) is 9.88 Å². The minimum absolute atomic E-state index is 0.136. The number of hydrogen-bond acceptors (Lipinski definition) is 6. The van der Waals surface area contributed by atoms with Crippen LogP contribution in [0.2, 0.25) is 0 Å². The fourth-order valence-electron chi connectivity index (χ4n) is 2.98. The van der Waals surface area contributed by atoms with Gasteiger partial charge in [-0.05, 0) is 69.9 Å². The van der Waals surface area contributed by atoms with Crippen molar-refractivity contribution in [2.75, 3.05) is 38.3 Å². The molecule has 0 saturated heterocycles. The molecule has 0 saturated carbocycles. The van der Waals surface area contributed by atoms with E-state index in [1.165, 1.54) is 23.5 Å². The Morgan fingerprint density at radius 2 is 1.86 bits per heavy atom. The average Bonchev–Trinajstić information content (AvgIpc) is 3.06. The number of fused-ring (bicyclic) bond motifs is 1. The van der Waals surface area contributed by atoms with Gasteiger partial charge < -0.3 is 4.90 Å². The van der Waals surface area contributed by atoms with Gasteiger partial charge in [-0.2, -0.15) is 0 Å². The van der Waals surface area contributed by atoms with E-state index >= 15 is 0 Å². The smallest absolute Gasteiger partial charge is 0.260 e. The molecule has 0 atom stereocenters. The molecular formula is C21H25N3O3S2. The molecule has 0 aliphatic rings. The third-order valence-electron chi connectivity index (χ3n) is 4.50. The lowest BCUT2D eigenvalue weighted by Crippen LogP contribution is -2.33. The first-order chi connectivity index (χ1) is 13.6. The van der Waals surface area contributed by atoms with Gasteiger partial charge in [0.1, 0.15) is 0 Å². The zero-order chi connectivity index (χ0) is 21.2. The van der Waals surface area contributed by atoms with Crippen LogP contribution in [-0.4, -0.2) is 57.6 Å². The number of aromatic nitrogens is 1. The number of rotatable bonds is 7. The zero-order valence-corrected chi connectivity index (χ0v) is 18.7. The molecule has 2 aromatic carbocycles. The van der Waals surface area contributed by atoms with E-state index in [9.17, 15) is 13.2 Å². The molecule has 8 heteroatoms. The Labute approximate surface area is 175 Å². The number of sulfone groups is 1. The molecule has 0 bridgehead atoms. The van der Waals surface area contributed by atoms with Gasteiger partial charge in [0, 0.05) is 18.4 Å². The molecule has 154 valence electrons. The summed E-state index contributed by atoms with van der Waals surface area (Å²) in [5, 5.41) is 0.624. The Balaban J connectivity index is 1.99. The quantitative estimate of drug-likeness (QED) is 0.572. The number of hydrogen-bond donors (Lipinski definition) is 0. The van der Waals surface area contributed by atoms with E-state index in [-0.39, 0.29) is 10.8 Å². The Kier molecular flexibility index (Phi) is 6.36. The van der Waals surface area contributed by atoms with Crippen molar-refractivity contribution in [3.8, 4) is 0 Å². The van der Waals surface area contributed by atoms with Crippen LogP contribution in [0.3, 0.4) is 0 Å². The molecule has 1 heterocycles. The van der Waals surface area contributed by atoms with Crippen LogP contribution in [0.25, 0.3) is 10.2 Å². The van der Waals surface area contributed by atoms with E-state index in [4.69, 9.17) is 0 Å². The first-order valence-corrected chi connectivity index (χ1v) is 12.0. The zero-order valence-electron chi connectivity index (χ0n) is 17.0. The van der Waals surface area contributed by atoms with Crippen LogP contribution in [0, 0.1) is 6.92 Å². The number of anilines is 1. The summed E-state index contributed by atoms with van der Waals surface area (Å²) in [6, 6.07) is 12.2. The highest BCUT2D eigenvalue weighted by Crippen LogP contribution is 2.30. The van der Waals surface area contributed by atoms with Crippen LogP contribution in [0.15, 0.2) is 47.4 Å². The highest BCUT2D eigenvalue weighted by molar-refractivity contribution is 7.90. The van der Waals surface area contributed by atoms with E-state index < -0.39 is 9.84 Å². The Hall–Kier alpha value is -2.29. The maximum absolute atomic E-state index is 13.3. The van der Waals surface area contributed by atoms with Gasteiger partial charge in [-0.15, -0.1) is 0 Å². The maximum Gasteiger partial charge on any atom is 0.260 e. The van der Waals surface area contributed by atoms with Crippen molar-refractivity contribution >= 4 is 42.4 Å². The molecule has 0 aliphatic heterocycles. The molecule has 6 nitrogen and oxygen atoms in total. The molecular weight excluding hydrogens is 406 g/mol. The highest BCUT2D eigenvalue weighted by atomic mass is 32.2. The number of thiazole rings is 1. The number of carbonyl (C=O) groups is 1. The first kappa shape index (κ1) is 21.4.